The van der Waals surface area contributed by atoms with Crippen LogP contribution in [0.1, 0.15) is 40.1 Å². The predicted molar refractivity (Wildman–Crippen MR) is 103 cm³/mol. The maximum atomic E-state index is 12.1. The first-order valence-electron chi connectivity index (χ1n) is 8.59. The number of aryl methyl sites for hydroxylation is 2. The van der Waals surface area contributed by atoms with Gasteiger partial charge in [0, 0.05) is 10.9 Å². The Morgan fingerprint density at radius 1 is 1.26 bits per heavy atom. The Bertz CT molecular complexity index is 957. The van der Waals surface area contributed by atoms with Gasteiger partial charge in [0.2, 0.25) is 5.91 Å². The molecule has 27 heavy (non-hydrogen) atoms. The molecule has 1 aromatic carbocycles. The molecule has 6 nitrogen and oxygen atoms in total. The number of furan rings is 1. The van der Waals surface area contributed by atoms with Crippen molar-refractivity contribution in [1.29, 1.82) is 0 Å². The van der Waals surface area contributed by atoms with Crippen LogP contribution in [0.4, 0.5) is 0 Å². The number of aromatic carboxylic acids is 1. The second-order valence-electron chi connectivity index (χ2n) is 6.14. The van der Waals surface area contributed by atoms with Crippen molar-refractivity contribution < 1.29 is 19.1 Å². The molecule has 2 N–H and O–H groups in total. The van der Waals surface area contributed by atoms with E-state index in [9.17, 15) is 9.59 Å². The highest BCUT2D eigenvalue weighted by Crippen LogP contribution is 2.24. The van der Waals surface area contributed by atoms with Crippen LogP contribution in [0.15, 0.2) is 40.1 Å². The van der Waals surface area contributed by atoms with Crippen molar-refractivity contribution in [2.45, 2.75) is 33.2 Å². The maximum Gasteiger partial charge on any atom is 0.339 e. The van der Waals surface area contributed by atoms with Gasteiger partial charge in [0.15, 0.2) is 0 Å². The molecule has 0 saturated carbocycles. The molecule has 2 heterocycles. The van der Waals surface area contributed by atoms with E-state index in [1.54, 1.807) is 6.92 Å². The van der Waals surface area contributed by atoms with Crippen molar-refractivity contribution in [3.05, 3.63) is 64.1 Å². The minimum absolute atomic E-state index is 0.109. The highest BCUT2D eigenvalue weighted by Gasteiger charge is 2.15. The Morgan fingerprint density at radius 3 is 2.63 bits per heavy atom. The molecule has 0 aliphatic heterocycles. The number of hydrogen-bond acceptors (Lipinski definition) is 5. The summed E-state index contributed by atoms with van der Waals surface area (Å²) in [7, 11) is 0. The fourth-order valence-electron chi connectivity index (χ4n) is 2.66. The zero-order valence-corrected chi connectivity index (χ0v) is 15.9. The van der Waals surface area contributed by atoms with Crippen molar-refractivity contribution in [1.82, 2.24) is 10.3 Å². The van der Waals surface area contributed by atoms with E-state index in [2.05, 4.69) is 29.4 Å². The van der Waals surface area contributed by atoms with Crippen LogP contribution in [0.5, 0.6) is 0 Å². The number of aromatic nitrogens is 1. The van der Waals surface area contributed by atoms with Gasteiger partial charge in [0.05, 0.1) is 18.7 Å². The van der Waals surface area contributed by atoms with Crippen molar-refractivity contribution in [3.8, 4) is 10.6 Å². The second kappa shape index (κ2) is 8.18. The summed E-state index contributed by atoms with van der Waals surface area (Å²) < 4.78 is 5.35. The lowest BCUT2D eigenvalue weighted by molar-refractivity contribution is -0.120. The molecule has 7 heteroatoms. The molecule has 0 unspecified atom stereocenters. The molecular weight excluding hydrogens is 364 g/mol. The lowest BCUT2D eigenvalue weighted by Crippen LogP contribution is -2.24. The van der Waals surface area contributed by atoms with Crippen molar-refractivity contribution >= 4 is 23.2 Å². The number of thiazole rings is 1. The summed E-state index contributed by atoms with van der Waals surface area (Å²) in [6.45, 7) is 3.84. The maximum absolute atomic E-state index is 12.1. The van der Waals surface area contributed by atoms with E-state index in [-0.39, 0.29) is 24.4 Å². The molecule has 0 atom stereocenters. The van der Waals surface area contributed by atoms with Gasteiger partial charge in [0.25, 0.3) is 0 Å². The van der Waals surface area contributed by atoms with Crippen molar-refractivity contribution in [3.63, 3.8) is 0 Å². The van der Waals surface area contributed by atoms with E-state index in [1.807, 2.05) is 17.5 Å². The van der Waals surface area contributed by atoms with Gasteiger partial charge in [-0.25, -0.2) is 9.78 Å². The van der Waals surface area contributed by atoms with E-state index in [0.717, 1.165) is 17.0 Å². The molecule has 3 aromatic rings. The first-order valence-corrected chi connectivity index (χ1v) is 9.47. The van der Waals surface area contributed by atoms with E-state index in [4.69, 9.17) is 9.52 Å². The minimum atomic E-state index is -1.05. The van der Waals surface area contributed by atoms with Crippen LogP contribution in [0, 0.1) is 6.92 Å². The van der Waals surface area contributed by atoms with Gasteiger partial charge in [-0.2, -0.15) is 0 Å². The van der Waals surface area contributed by atoms with E-state index < -0.39 is 5.97 Å². The zero-order chi connectivity index (χ0) is 19.4. The molecule has 0 radical (unpaired) electrons. The van der Waals surface area contributed by atoms with Crippen molar-refractivity contribution in [2.24, 2.45) is 0 Å². The third-order valence-corrected chi connectivity index (χ3v) is 5.10. The molecule has 2 aromatic heterocycles. The predicted octanol–water partition coefficient (Wildman–Crippen LogP) is 3.83. The van der Waals surface area contributed by atoms with Gasteiger partial charge in [-0.3, -0.25) is 4.79 Å². The normalized spacial score (nSPS) is 10.7. The average molecular weight is 384 g/mol. The summed E-state index contributed by atoms with van der Waals surface area (Å²) in [6.07, 6.45) is 1.15. The molecule has 0 bridgehead atoms. The number of rotatable bonds is 7. The lowest BCUT2D eigenvalue weighted by Gasteiger charge is -2.01. The van der Waals surface area contributed by atoms with Crippen LogP contribution in [-0.4, -0.2) is 22.0 Å². The fourth-order valence-corrected chi connectivity index (χ4v) is 3.49. The Morgan fingerprint density at radius 2 is 2.00 bits per heavy atom. The van der Waals surface area contributed by atoms with E-state index >= 15 is 0 Å². The SMILES string of the molecule is CCc1ccc(-c2nc(CC(=O)NCc3cc(C(=O)O)c(C)o3)cs2)cc1. The lowest BCUT2D eigenvalue weighted by atomic mass is 10.1. The molecule has 0 spiro atoms. The van der Waals surface area contributed by atoms with E-state index in [0.29, 0.717) is 17.2 Å². The summed E-state index contributed by atoms with van der Waals surface area (Å²) in [5.74, 6) is -0.506. The first-order chi connectivity index (χ1) is 13.0. The zero-order valence-electron chi connectivity index (χ0n) is 15.1. The van der Waals surface area contributed by atoms with Crippen LogP contribution in [-0.2, 0) is 24.2 Å². The molecule has 0 fully saturated rings. The van der Waals surface area contributed by atoms with Gasteiger partial charge in [-0.1, -0.05) is 31.2 Å². The number of amides is 1. The third kappa shape index (κ3) is 4.62. The first kappa shape index (κ1) is 18.8. The quantitative estimate of drug-likeness (QED) is 0.646. The van der Waals surface area contributed by atoms with Gasteiger partial charge < -0.3 is 14.8 Å². The highest BCUT2D eigenvalue weighted by molar-refractivity contribution is 7.13. The fraction of sp³-hybridized carbons (Fsp3) is 0.250. The molecule has 0 aliphatic carbocycles. The number of carboxylic acid groups (broad SMARTS) is 1. The molecule has 0 saturated heterocycles. The van der Waals surface area contributed by atoms with Gasteiger partial charge >= 0.3 is 5.97 Å². The summed E-state index contributed by atoms with van der Waals surface area (Å²) >= 11 is 1.51. The van der Waals surface area contributed by atoms with Gasteiger partial charge in [-0.15, -0.1) is 11.3 Å². The second-order valence-corrected chi connectivity index (χ2v) is 6.99. The van der Waals surface area contributed by atoms with Crippen LogP contribution >= 0.6 is 11.3 Å². The minimum Gasteiger partial charge on any atom is -0.478 e. The standard InChI is InChI=1S/C20H20N2O4S/c1-3-13-4-6-14(7-5-13)19-22-15(11-27-19)8-18(23)21-10-16-9-17(20(24)25)12(2)26-16/h4-7,9,11H,3,8,10H2,1-2H3,(H,21,23)(H,24,25). The Balaban J connectivity index is 1.57. The molecule has 140 valence electrons. The number of nitrogens with one attached hydrogen (secondary N) is 1. The summed E-state index contributed by atoms with van der Waals surface area (Å²) in [4.78, 5) is 27.7. The smallest absolute Gasteiger partial charge is 0.339 e. The van der Waals surface area contributed by atoms with E-state index in [1.165, 1.54) is 23.0 Å². The topological polar surface area (TPSA) is 92.4 Å². The monoisotopic (exact) mass is 384 g/mol. The number of carbonyl (C=O) groups excluding carboxylic acids is 1. The number of carbonyl (C=O) groups is 2. The van der Waals surface area contributed by atoms with Crippen molar-refractivity contribution in [2.75, 3.05) is 0 Å². The summed E-state index contributed by atoms with van der Waals surface area (Å²) in [6, 6.07) is 9.68. The van der Waals surface area contributed by atoms with Gasteiger partial charge in [-0.05, 0) is 25.0 Å². The van der Waals surface area contributed by atoms with Crippen LogP contribution in [0.3, 0.4) is 0 Å². The molecule has 1 amide bonds. The van der Waals surface area contributed by atoms with Gasteiger partial charge in [0.1, 0.15) is 22.1 Å². The Hall–Kier alpha value is -2.93. The Labute approximate surface area is 160 Å². The average Bonchev–Trinajstić information content (AvgIpc) is 3.26. The summed E-state index contributed by atoms with van der Waals surface area (Å²) in [5, 5.41) is 14.5. The Kier molecular flexibility index (Phi) is 5.71. The number of hydrogen-bond donors (Lipinski definition) is 2. The number of carboxylic acids is 1. The number of benzene rings is 1. The van der Waals surface area contributed by atoms with Crippen LogP contribution < -0.4 is 5.32 Å². The molecular formula is C20H20N2O4S. The molecule has 0 aliphatic rings. The number of nitrogens with zero attached hydrogens (tertiary/aromatic N) is 1. The highest BCUT2D eigenvalue weighted by atomic mass is 32.1. The molecule has 3 rings (SSSR count). The van der Waals surface area contributed by atoms with Crippen LogP contribution in [0.2, 0.25) is 0 Å². The van der Waals surface area contributed by atoms with Crippen LogP contribution in [0.25, 0.3) is 10.6 Å². The summed E-state index contributed by atoms with van der Waals surface area (Å²) in [5.41, 5.74) is 3.12. The largest absolute Gasteiger partial charge is 0.478 e. The third-order valence-electron chi connectivity index (χ3n) is 4.16.